The van der Waals surface area contributed by atoms with Crippen LogP contribution in [0.2, 0.25) is 0 Å². The molecule has 3 heterocycles. The van der Waals surface area contributed by atoms with E-state index < -0.39 is 5.91 Å². The largest absolute Gasteiger partial charge is 0.335 e. The number of aromatic nitrogens is 2. The lowest BCUT2D eigenvalue weighted by Crippen LogP contribution is -2.32. The molecule has 0 aliphatic carbocycles. The molecule has 0 N–H and O–H groups in total. The van der Waals surface area contributed by atoms with Gasteiger partial charge in [-0.15, -0.1) is 11.3 Å². The van der Waals surface area contributed by atoms with Crippen LogP contribution in [0.25, 0.3) is 21.7 Å². The number of nitrogens with zero attached hydrogens (tertiary/aromatic N) is 5. The highest BCUT2D eigenvalue weighted by atomic mass is 32.1. The molecule has 0 saturated heterocycles. The number of hydrogen-bond acceptors (Lipinski definition) is 7. The highest BCUT2D eigenvalue weighted by Crippen LogP contribution is 2.31. The predicted molar refractivity (Wildman–Crippen MR) is 91.7 cm³/mol. The van der Waals surface area contributed by atoms with Gasteiger partial charge in [0.15, 0.2) is 0 Å². The van der Waals surface area contributed by atoms with E-state index in [1.807, 2.05) is 31.2 Å². The van der Waals surface area contributed by atoms with Crippen molar-refractivity contribution in [1.29, 1.82) is 10.5 Å². The Balaban J connectivity index is 2.18. The number of aryl methyl sites for hydroxylation is 2. The number of amides is 1. The van der Waals surface area contributed by atoms with Crippen LogP contribution in [-0.4, -0.2) is 34.0 Å². The third kappa shape index (κ3) is 3.08. The van der Waals surface area contributed by atoms with Crippen LogP contribution >= 0.6 is 11.3 Å². The van der Waals surface area contributed by atoms with Crippen LogP contribution in [-0.2, 0) is 0 Å². The van der Waals surface area contributed by atoms with E-state index in [0.29, 0.717) is 22.3 Å². The summed E-state index contributed by atoms with van der Waals surface area (Å²) in [5.74, 6) is -0.420. The minimum atomic E-state index is -0.420. The quantitative estimate of drug-likeness (QED) is 0.669. The van der Waals surface area contributed by atoms with Crippen LogP contribution in [0.4, 0.5) is 0 Å². The summed E-state index contributed by atoms with van der Waals surface area (Å²) in [7, 11) is 0. The minimum Gasteiger partial charge on any atom is -0.335 e. The second-order valence-corrected chi connectivity index (χ2v) is 6.68. The first-order chi connectivity index (χ1) is 12.0. The van der Waals surface area contributed by atoms with Crippen LogP contribution in [0.5, 0.6) is 0 Å². The van der Waals surface area contributed by atoms with Gasteiger partial charge in [0, 0.05) is 4.88 Å². The summed E-state index contributed by atoms with van der Waals surface area (Å²) in [6.07, 6.45) is 0. The molecule has 0 spiro atoms. The van der Waals surface area contributed by atoms with Gasteiger partial charge in [-0.3, -0.25) is 4.79 Å². The van der Waals surface area contributed by atoms with Gasteiger partial charge in [-0.2, -0.15) is 10.5 Å². The summed E-state index contributed by atoms with van der Waals surface area (Å²) in [6, 6.07) is 9.38. The van der Waals surface area contributed by atoms with Crippen LogP contribution < -0.4 is 0 Å². The molecule has 3 aromatic rings. The normalized spacial score (nSPS) is 10.4. The molecule has 0 bridgehead atoms. The lowest BCUT2D eigenvalue weighted by atomic mass is 10.1. The van der Waals surface area contributed by atoms with Gasteiger partial charge in [0.05, 0.1) is 39.4 Å². The van der Waals surface area contributed by atoms with Gasteiger partial charge in [-0.25, -0.2) is 4.98 Å². The minimum absolute atomic E-state index is 0.173. The van der Waals surface area contributed by atoms with E-state index >= 15 is 0 Å². The van der Waals surface area contributed by atoms with E-state index in [1.165, 1.54) is 4.90 Å². The molecular weight excluding hydrogens is 338 g/mol. The fourth-order valence-corrected chi connectivity index (χ4v) is 3.33. The molecule has 0 saturated carbocycles. The van der Waals surface area contributed by atoms with Gasteiger partial charge in [0.1, 0.15) is 13.1 Å². The molecule has 7 nitrogen and oxygen atoms in total. The topological polar surface area (TPSA) is 107 Å². The van der Waals surface area contributed by atoms with E-state index in [-0.39, 0.29) is 18.8 Å². The van der Waals surface area contributed by atoms with Crippen LogP contribution in [0.1, 0.15) is 20.9 Å². The highest BCUT2D eigenvalue weighted by Gasteiger charge is 2.23. The van der Waals surface area contributed by atoms with Gasteiger partial charge < -0.3 is 9.42 Å². The summed E-state index contributed by atoms with van der Waals surface area (Å²) in [5, 5.41) is 22.3. The monoisotopic (exact) mass is 351 g/mol. The maximum atomic E-state index is 12.9. The van der Waals surface area contributed by atoms with Gasteiger partial charge in [-0.1, -0.05) is 5.16 Å². The third-order valence-corrected chi connectivity index (χ3v) is 4.67. The molecule has 0 atom stereocenters. The van der Waals surface area contributed by atoms with Gasteiger partial charge in [0.2, 0.25) is 0 Å². The number of carbonyl (C=O) groups is 1. The molecule has 0 unspecified atom stereocenters. The summed E-state index contributed by atoms with van der Waals surface area (Å²) >= 11 is 1.55. The first-order valence-electron chi connectivity index (χ1n) is 7.42. The Bertz CT molecular complexity index is 1020. The van der Waals surface area contributed by atoms with E-state index in [4.69, 9.17) is 15.0 Å². The second-order valence-electron chi connectivity index (χ2n) is 5.39. The van der Waals surface area contributed by atoms with Crippen molar-refractivity contribution in [1.82, 2.24) is 15.0 Å². The lowest BCUT2D eigenvalue weighted by molar-refractivity contribution is 0.0796. The van der Waals surface area contributed by atoms with E-state index in [9.17, 15) is 4.79 Å². The molecular formula is C17H13N5O2S. The summed E-state index contributed by atoms with van der Waals surface area (Å²) in [6.45, 7) is 3.36. The van der Waals surface area contributed by atoms with Crippen molar-refractivity contribution in [2.45, 2.75) is 13.8 Å². The molecule has 25 heavy (non-hydrogen) atoms. The number of pyridine rings is 1. The van der Waals surface area contributed by atoms with Gasteiger partial charge in [0.25, 0.3) is 11.6 Å². The first kappa shape index (κ1) is 16.6. The van der Waals surface area contributed by atoms with Crippen molar-refractivity contribution < 1.29 is 9.32 Å². The predicted octanol–water partition coefficient (Wildman–Crippen LogP) is 3.06. The maximum absolute atomic E-state index is 12.9. The van der Waals surface area contributed by atoms with Crippen LogP contribution in [0.3, 0.4) is 0 Å². The average Bonchev–Trinajstić information content (AvgIpc) is 3.19. The molecule has 0 aliphatic rings. The number of fused-ring (bicyclic) bond motifs is 1. The lowest BCUT2D eigenvalue weighted by Gasteiger charge is -2.16. The van der Waals surface area contributed by atoms with Crippen molar-refractivity contribution in [3.8, 4) is 22.7 Å². The molecule has 124 valence electrons. The summed E-state index contributed by atoms with van der Waals surface area (Å²) in [5.41, 5.74) is 1.72. The second kappa shape index (κ2) is 6.71. The van der Waals surface area contributed by atoms with Crippen LogP contribution in [0, 0.1) is 36.5 Å². The first-order valence-corrected chi connectivity index (χ1v) is 8.23. The number of rotatable bonds is 4. The smallest absolute Gasteiger partial charge is 0.259 e. The zero-order valence-corrected chi connectivity index (χ0v) is 14.4. The van der Waals surface area contributed by atoms with Crippen molar-refractivity contribution in [3.63, 3.8) is 0 Å². The Morgan fingerprint density at radius 1 is 1.28 bits per heavy atom. The Morgan fingerprint density at radius 3 is 2.60 bits per heavy atom. The zero-order chi connectivity index (χ0) is 18.0. The number of nitriles is 2. The fraction of sp³-hybridized carbons (Fsp3) is 0.235. The summed E-state index contributed by atoms with van der Waals surface area (Å²) < 4.78 is 5.25. The molecule has 1 amide bonds. The van der Waals surface area contributed by atoms with Crippen molar-refractivity contribution in [2.24, 2.45) is 0 Å². The molecule has 3 rings (SSSR count). The van der Waals surface area contributed by atoms with E-state index in [2.05, 4.69) is 10.1 Å². The van der Waals surface area contributed by atoms with Crippen molar-refractivity contribution in [3.05, 3.63) is 34.3 Å². The van der Waals surface area contributed by atoms with Crippen LogP contribution in [0.15, 0.2) is 22.7 Å². The standard InChI is InChI=1S/C17H13N5O2S/c1-10-3-4-14(25-10)13-9-12(15-11(2)21-24-16(15)20-13)17(23)22(7-5-18)8-6-19/h3-4,9H,7-8H2,1-2H3. The molecule has 0 radical (unpaired) electrons. The Kier molecular flexibility index (Phi) is 4.46. The molecule has 8 heteroatoms. The SMILES string of the molecule is Cc1ccc(-c2cc(C(=O)N(CC#N)CC#N)c3c(C)noc3n2)s1. The Hall–Kier alpha value is -3.23. The zero-order valence-electron chi connectivity index (χ0n) is 13.6. The summed E-state index contributed by atoms with van der Waals surface area (Å²) in [4.78, 5) is 20.6. The van der Waals surface area contributed by atoms with E-state index in [0.717, 1.165) is 9.75 Å². The van der Waals surface area contributed by atoms with Crippen molar-refractivity contribution in [2.75, 3.05) is 13.1 Å². The number of carbonyl (C=O) groups excluding carboxylic acids is 1. The Labute approximate surface area is 147 Å². The van der Waals surface area contributed by atoms with Crippen molar-refractivity contribution >= 4 is 28.3 Å². The fourth-order valence-electron chi connectivity index (χ4n) is 2.50. The average molecular weight is 351 g/mol. The molecule has 0 aliphatic heterocycles. The molecule has 3 aromatic heterocycles. The third-order valence-electron chi connectivity index (χ3n) is 3.65. The molecule has 0 fully saturated rings. The van der Waals surface area contributed by atoms with Gasteiger partial charge >= 0.3 is 0 Å². The van der Waals surface area contributed by atoms with E-state index in [1.54, 1.807) is 24.3 Å². The highest BCUT2D eigenvalue weighted by molar-refractivity contribution is 7.15. The number of hydrogen-bond donors (Lipinski definition) is 0. The Morgan fingerprint density at radius 2 is 2.00 bits per heavy atom. The maximum Gasteiger partial charge on any atom is 0.259 e. The number of thiophene rings is 1. The molecule has 0 aromatic carbocycles. The van der Waals surface area contributed by atoms with Gasteiger partial charge in [-0.05, 0) is 32.0 Å².